The Balaban J connectivity index is 2.61. The van der Waals surface area contributed by atoms with Crippen LogP contribution in [0.4, 0.5) is 4.79 Å². The Morgan fingerprint density at radius 1 is 1.37 bits per heavy atom. The lowest BCUT2D eigenvalue weighted by Gasteiger charge is -2.34. The van der Waals surface area contributed by atoms with Crippen LogP contribution in [0.1, 0.15) is 33.6 Å². The van der Waals surface area contributed by atoms with Crippen LogP contribution in [0.25, 0.3) is 0 Å². The van der Waals surface area contributed by atoms with Crippen molar-refractivity contribution >= 4 is 12.0 Å². The van der Waals surface area contributed by atoms with E-state index in [0.29, 0.717) is 32.6 Å². The standard InChI is InChI=1S/C13H24N2O4/c1-4-15(10(2)3)12(18)14-9-13(11(16)17)5-7-19-8-6-13/h10H,4-9H2,1-3H3,(H,14,18)(H,16,17). The van der Waals surface area contributed by atoms with Crippen molar-refractivity contribution in [2.45, 2.75) is 39.7 Å². The number of carbonyl (C=O) groups is 2. The van der Waals surface area contributed by atoms with Crippen molar-refractivity contribution in [3.8, 4) is 0 Å². The third-order valence-corrected chi connectivity index (χ3v) is 3.71. The number of carboxylic acid groups (broad SMARTS) is 1. The van der Waals surface area contributed by atoms with Crippen molar-refractivity contribution in [2.24, 2.45) is 5.41 Å². The van der Waals surface area contributed by atoms with E-state index in [0.717, 1.165) is 0 Å². The molecule has 19 heavy (non-hydrogen) atoms. The first-order chi connectivity index (χ1) is 8.93. The summed E-state index contributed by atoms with van der Waals surface area (Å²) in [5.41, 5.74) is -0.885. The maximum Gasteiger partial charge on any atom is 0.317 e. The molecule has 2 amide bonds. The van der Waals surface area contributed by atoms with Gasteiger partial charge in [-0.05, 0) is 33.6 Å². The van der Waals surface area contributed by atoms with Gasteiger partial charge in [-0.3, -0.25) is 4.79 Å². The van der Waals surface area contributed by atoms with Gasteiger partial charge in [0, 0.05) is 32.3 Å². The highest BCUT2D eigenvalue weighted by molar-refractivity contribution is 5.78. The molecule has 1 aliphatic heterocycles. The number of nitrogens with one attached hydrogen (secondary N) is 1. The predicted octanol–water partition coefficient (Wildman–Crippen LogP) is 1.31. The van der Waals surface area contributed by atoms with Gasteiger partial charge in [-0.25, -0.2) is 4.79 Å². The molecule has 0 aromatic rings. The lowest BCUT2D eigenvalue weighted by Crippen LogP contribution is -2.51. The van der Waals surface area contributed by atoms with E-state index in [-0.39, 0.29) is 18.6 Å². The second kappa shape index (κ2) is 6.75. The first-order valence-electron chi connectivity index (χ1n) is 6.78. The molecule has 0 aromatic heterocycles. The molecule has 0 saturated carbocycles. The van der Waals surface area contributed by atoms with Crippen LogP contribution >= 0.6 is 0 Å². The maximum absolute atomic E-state index is 12.0. The van der Waals surface area contributed by atoms with Gasteiger partial charge < -0.3 is 20.1 Å². The topological polar surface area (TPSA) is 78.9 Å². The van der Waals surface area contributed by atoms with Crippen molar-refractivity contribution < 1.29 is 19.4 Å². The summed E-state index contributed by atoms with van der Waals surface area (Å²) in [5, 5.41) is 12.1. The van der Waals surface area contributed by atoms with Crippen LogP contribution in [0.15, 0.2) is 0 Å². The van der Waals surface area contributed by atoms with Crippen LogP contribution in [0, 0.1) is 5.41 Å². The third-order valence-electron chi connectivity index (χ3n) is 3.71. The van der Waals surface area contributed by atoms with E-state index in [1.807, 2.05) is 20.8 Å². The number of hydrogen-bond acceptors (Lipinski definition) is 3. The van der Waals surface area contributed by atoms with Gasteiger partial charge in [-0.1, -0.05) is 0 Å². The van der Waals surface area contributed by atoms with E-state index < -0.39 is 11.4 Å². The van der Waals surface area contributed by atoms with Gasteiger partial charge in [0.2, 0.25) is 0 Å². The summed E-state index contributed by atoms with van der Waals surface area (Å²) in [7, 11) is 0. The van der Waals surface area contributed by atoms with Crippen LogP contribution in [-0.4, -0.2) is 54.4 Å². The molecular formula is C13H24N2O4. The fourth-order valence-electron chi connectivity index (χ4n) is 2.32. The van der Waals surface area contributed by atoms with Gasteiger partial charge >= 0.3 is 12.0 Å². The number of carbonyl (C=O) groups excluding carboxylic acids is 1. The summed E-state index contributed by atoms with van der Waals surface area (Å²) in [6.45, 7) is 7.41. The monoisotopic (exact) mass is 272 g/mol. The van der Waals surface area contributed by atoms with E-state index in [1.54, 1.807) is 4.90 Å². The molecule has 6 nitrogen and oxygen atoms in total. The van der Waals surface area contributed by atoms with Crippen LogP contribution in [-0.2, 0) is 9.53 Å². The third kappa shape index (κ3) is 3.83. The first kappa shape index (κ1) is 15.8. The Morgan fingerprint density at radius 3 is 2.37 bits per heavy atom. The highest BCUT2D eigenvalue weighted by Gasteiger charge is 2.40. The van der Waals surface area contributed by atoms with Crippen molar-refractivity contribution in [3.05, 3.63) is 0 Å². The molecule has 1 rings (SSSR count). The molecule has 6 heteroatoms. The molecule has 110 valence electrons. The molecule has 0 aromatic carbocycles. The summed E-state index contributed by atoms with van der Waals surface area (Å²) in [4.78, 5) is 25.1. The zero-order valence-electron chi connectivity index (χ0n) is 11.9. The summed E-state index contributed by atoms with van der Waals surface area (Å²) < 4.78 is 5.20. The van der Waals surface area contributed by atoms with Crippen molar-refractivity contribution in [1.82, 2.24) is 10.2 Å². The number of hydrogen-bond donors (Lipinski definition) is 2. The van der Waals surface area contributed by atoms with Crippen LogP contribution in [0.2, 0.25) is 0 Å². The molecule has 0 aliphatic carbocycles. The molecule has 2 N–H and O–H groups in total. The number of ether oxygens (including phenoxy) is 1. The summed E-state index contributed by atoms with van der Waals surface area (Å²) in [6, 6.07) is -0.106. The molecule has 1 aliphatic rings. The Bertz CT molecular complexity index is 325. The average Bonchev–Trinajstić information content (AvgIpc) is 2.37. The minimum atomic E-state index is -0.885. The largest absolute Gasteiger partial charge is 0.481 e. The Hall–Kier alpha value is -1.30. The fraction of sp³-hybridized carbons (Fsp3) is 0.846. The minimum absolute atomic E-state index is 0.0977. The zero-order chi connectivity index (χ0) is 14.5. The lowest BCUT2D eigenvalue weighted by molar-refractivity contribution is -0.154. The number of urea groups is 1. The fourth-order valence-corrected chi connectivity index (χ4v) is 2.32. The molecule has 1 heterocycles. The van der Waals surface area contributed by atoms with E-state index in [4.69, 9.17) is 4.74 Å². The Labute approximate surface area is 114 Å². The van der Waals surface area contributed by atoms with Crippen LogP contribution in [0.3, 0.4) is 0 Å². The molecule has 0 bridgehead atoms. The van der Waals surface area contributed by atoms with Crippen LogP contribution in [0.5, 0.6) is 0 Å². The Morgan fingerprint density at radius 2 is 1.95 bits per heavy atom. The van der Waals surface area contributed by atoms with Crippen molar-refractivity contribution in [3.63, 3.8) is 0 Å². The van der Waals surface area contributed by atoms with E-state index >= 15 is 0 Å². The second-order valence-electron chi connectivity index (χ2n) is 5.24. The average molecular weight is 272 g/mol. The quantitative estimate of drug-likeness (QED) is 0.791. The molecule has 0 spiro atoms. The Kier molecular flexibility index (Phi) is 5.60. The number of rotatable bonds is 5. The lowest BCUT2D eigenvalue weighted by atomic mass is 9.80. The van der Waals surface area contributed by atoms with Gasteiger partial charge in [-0.15, -0.1) is 0 Å². The van der Waals surface area contributed by atoms with Crippen molar-refractivity contribution in [2.75, 3.05) is 26.3 Å². The maximum atomic E-state index is 12.0. The summed E-state index contributed by atoms with van der Waals surface area (Å²) in [6.07, 6.45) is 0.882. The van der Waals surface area contributed by atoms with Gasteiger partial charge in [0.05, 0.1) is 5.41 Å². The predicted molar refractivity (Wildman–Crippen MR) is 71.0 cm³/mol. The number of nitrogens with zero attached hydrogens (tertiary/aromatic N) is 1. The van der Waals surface area contributed by atoms with Gasteiger partial charge in [0.15, 0.2) is 0 Å². The van der Waals surface area contributed by atoms with Crippen LogP contribution < -0.4 is 5.32 Å². The molecule has 0 radical (unpaired) electrons. The molecule has 0 atom stereocenters. The molecule has 0 unspecified atom stereocenters. The highest BCUT2D eigenvalue weighted by atomic mass is 16.5. The van der Waals surface area contributed by atoms with Gasteiger partial charge in [-0.2, -0.15) is 0 Å². The minimum Gasteiger partial charge on any atom is -0.481 e. The first-order valence-corrected chi connectivity index (χ1v) is 6.78. The van der Waals surface area contributed by atoms with Crippen molar-refractivity contribution in [1.29, 1.82) is 0 Å². The summed E-state index contributed by atoms with van der Waals surface area (Å²) >= 11 is 0. The zero-order valence-corrected chi connectivity index (χ0v) is 11.9. The number of amides is 2. The van der Waals surface area contributed by atoms with Gasteiger partial charge in [0.25, 0.3) is 0 Å². The molecule has 1 saturated heterocycles. The highest BCUT2D eigenvalue weighted by Crippen LogP contribution is 2.30. The van der Waals surface area contributed by atoms with Gasteiger partial charge in [0.1, 0.15) is 0 Å². The second-order valence-corrected chi connectivity index (χ2v) is 5.24. The van der Waals surface area contributed by atoms with E-state index in [9.17, 15) is 14.7 Å². The molecular weight excluding hydrogens is 248 g/mol. The normalized spacial score (nSPS) is 18.1. The van der Waals surface area contributed by atoms with E-state index in [2.05, 4.69) is 5.32 Å². The smallest absolute Gasteiger partial charge is 0.317 e. The SMILES string of the molecule is CCN(C(=O)NCC1(C(=O)O)CCOCC1)C(C)C. The number of aliphatic carboxylic acids is 1. The number of carboxylic acids is 1. The summed E-state index contributed by atoms with van der Waals surface area (Å²) in [5.74, 6) is -0.858. The molecule has 1 fully saturated rings. The van der Waals surface area contributed by atoms with E-state index in [1.165, 1.54) is 0 Å².